The quantitative estimate of drug-likeness (QED) is 0.702. The first kappa shape index (κ1) is 19.0. The molecule has 2 aromatic carbocycles. The zero-order valence-corrected chi connectivity index (χ0v) is 16.2. The molecule has 0 spiro atoms. The Bertz CT molecular complexity index is 943. The molecule has 2 aromatic rings. The number of amides is 3. The summed E-state index contributed by atoms with van der Waals surface area (Å²) in [7, 11) is 0. The van der Waals surface area contributed by atoms with Crippen LogP contribution in [0.25, 0.3) is 0 Å². The predicted octanol–water partition coefficient (Wildman–Crippen LogP) is 2.13. The van der Waals surface area contributed by atoms with Gasteiger partial charge in [-0.25, -0.2) is 0 Å². The Morgan fingerprint density at radius 3 is 2.59 bits per heavy atom. The molecular formula is C22H22N2O5. The molecule has 0 saturated carbocycles. The highest BCUT2D eigenvalue weighted by Gasteiger charge is 2.42. The van der Waals surface area contributed by atoms with Crippen molar-refractivity contribution in [1.82, 2.24) is 9.80 Å². The van der Waals surface area contributed by atoms with Gasteiger partial charge in [-0.3, -0.25) is 19.3 Å². The van der Waals surface area contributed by atoms with Gasteiger partial charge < -0.3 is 14.4 Å². The monoisotopic (exact) mass is 394 g/mol. The average Bonchev–Trinajstić information content (AvgIpc) is 3.29. The Balaban J connectivity index is 1.46. The van der Waals surface area contributed by atoms with Crippen molar-refractivity contribution in [3.63, 3.8) is 0 Å². The molecule has 0 bridgehead atoms. The van der Waals surface area contributed by atoms with Gasteiger partial charge in [0.25, 0.3) is 5.91 Å². The number of benzene rings is 2. The molecule has 7 heteroatoms. The number of fused-ring (bicyclic) bond motifs is 1. The topological polar surface area (TPSA) is 76.2 Å². The molecule has 1 fully saturated rings. The number of likely N-dealkylation sites (tertiary alicyclic amines) is 1. The van der Waals surface area contributed by atoms with E-state index in [9.17, 15) is 14.4 Å². The van der Waals surface area contributed by atoms with Crippen molar-refractivity contribution in [3.05, 3.63) is 59.7 Å². The predicted molar refractivity (Wildman–Crippen MR) is 104 cm³/mol. The normalized spacial score (nSPS) is 17.7. The highest BCUT2D eigenvalue weighted by atomic mass is 16.7. The maximum atomic E-state index is 12.9. The maximum absolute atomic E-state index is 12.9. The van der Waals surface area contributed by atoms with E-state index in [0.717, 1.165) is 11.1 Å². The lowest BCUT2D eigenvalue weighted by molar-refractivity contribution is -0.143. The summed E-state index contributed by atoms with van der Waals surface area (Å²) in [6, 6.07) is 14.3. The van der Waals surface area contributed by atoms with Crippen LogP contribution in [0.3, 0.4) is 0 Å². The van der Waals surface area contributed by atoms with Crippen LogP contribution in [0.2, 0.25) is 0 Å². The molecule has 2 aliphatic rings. The van der Waals surface area contributed by atoms with E-state index in [2.05, 4.69) is 0 Å². The van der Waals surface area contributed by atoms with Crippen LogP contribution in [0.1, 0.15) is 24.5 Å². The summed E-state index contributed by atoms with van der Waals surface area (Å²) < 4.78 is 10.7. The molecule has 2 aliphatic heterocycles. The van der Waals surface area contributed by atoms with E-state index < -0.39 is 6.04 Å². The highest BCUT2D eigenvalue weighted by Crippen LogP contribution is 2.33. The maximum Gasteiger partial charge on any atom is 0.252 e. The van der Waals surface area contributed by atoms with Crippen molar-refractivity contribution in [3.8, 4) is 11.5 Å². The van der Waals surface area contributed by atoms with E-state index in [1.165, 1.54) is 16.7 Å². The third-order valence-electron chi connectivity index (χ3n) is 5.26. The summed E-state index contributed by atoms with van der Waals surface area (Å²) in [6.45, 7) is 2.12. The minimum Gasteiger partial charge on any atom is -0.454 e. The molecule has 0 unspecified atom stereocenters. The number of rotatable bonds is 6. The van der Waals surface area contributed by atoms with Crippen LogP contribution >= 0.6 is 0 Å². The third-order valence-corrected chi connectivity index (χ3v) is 5.26. The second-order valence-electron chi connectivity index (χ2n) is 7.17. The second kappa shape index (κ2) is 7.95. The molecular weight excluding hydrogens is 372 g/mol. The summed E-state index contributed by atoms with van der Waals surface area (Å²) in [4.78, 5) is 40.4. The van der Waals surface area contributed by atoms with Crippen molar-refractivity contribution in [1.29, 1.82) is 0 Å². The summed E-state index contributed by atoms with van der Waals surface area (Å²) in [6.07, 6.45) is 0.602. The van der Waals surface area contributed by atoms with Gasteiger partial charge in [-0.15, -0.1) is 0 Å². The Kier molecular flexibility index (Phi) is 5.20. The molecule has 2 heterocycles. The first-order valence-corrected chi connectivity index (χ1v) is 9.57. The van der Waals surface area contributed by atoms with E-state index in [0.29, 0.717) is 24.5 Å². The van der Waals surface area contributed by atoms with Gasteiger partial charge in [0.2, 0.25) is 18.6 Å². The molecule has 7 nitrogen and oxygen atoms in total. The first-order chi connectivity index (χ1) is 14.0. The molecule has 4 rings (SSSR count). The van der Waals surface area contributed by atoms with Crippen molar-refractivity contribution < 1.29 is 23.9 Å². The minimum atomic E-state index is -0.777. The van der Waals surface area contributed by atoms with Crippen molar-refractivity contribution in [2.24, 2.45) is 0 Å². The number of ether oxygens (including phenoxy) is 2. The van der Waals surface area contributed by atoms with Crippen molar-refractivity contribution in [2.75, 3.05) is 13.3 Å². The van der Waals surface area contributed by atoms with E-state index in [-0.39, 0.29) is 37.5 Å². The Morgan fingerprint density at radius 2 is 1.83 bits per heavy atom. The van der Waals surface area contributed by atoms with E-state index in [1.54, 1.807) is 12.1 Å². The van der Waals surface area contributed by atoms with E-state index in [1.807, 2.05) is 36.4 Å². The molecule has 1 saturated heterocycles. The third kappa shape index (κ3) is 3.94. The Hall–Kier alpha value is -3.35. The zero-order valence-electron chi connectivity index (χ0n) is 16.2. The lowest BCUT2D eigenvalue weighted by Gasteiger charge is -2.26. The van der Waals surface area contributed by atoms with Crippen molar-refractivity contribution >= 4 is 17.7 Å². The van der Waals surface area contributed by atoms with Gasteiger partial charge in [0.15, 0.2) is 11.5 Å². The molecule has 0 aromatic heterocycles. The van der Waals surface area contributed by atoms with Gasteiger partial charge >= 0.3 is 0 Å². The van der Waals surface area contributed by atoms with Gasteiger partial charge in [-0.05, 0) is 29.7 Å². The van der Waals surface area contributed by atoms with Crippen LogP contribution < -0.4 is 9.47 Å². The van der Waals surface area contributed by atoms with E-state index >= 15 is 0 Å². The van der Waals surface area contributed by atoms with Gasteiger partial charge in [-0.1, -0.05) is 36.4 Å². The second-order valence-corrected chi connectivity index (χ2v) is 7.17. The van der Waals surface area contributed by atoms with Crippen LogP contribution in [0, 0.1) is 0 Å². The fourth-order valence-electron chi connectivity index (χ4n) is 3.71. The number of carbonyl (C=O) groups is 3. The molecule has 3 amide bonds. The molecule has 150 valence electrons. The number of imide groups is 1. The lowest BCUT2D eigenvalue weighted by atomic mass is 10.1. The molecule has 0 radical (unpaired) electrons. The number of hydrogen-bond donors (Lipinski definition) is 0. The molecule has 0 aliphatic carbocycles. The number of nitrogens with zero attached hydrogens (tertiary/aromatic N) is 2. The summed E-state index contributed by atoms with van der Waals surface area (Å²) in [5, 5.41) is 0. The largest absolute Gasteiger partial charge is 0.454 e. The van der Waals surface area contributed by atoms with Gasteiger partial charge in [-0.2, -0.15) is 0 Å². The van der Waals surface area contributed by atoms with Crippen LogP contribution in [-0.4, -0.2) is 46.9 Å². The van der Waals surface area contributed by atoms with Crippen LogP contribution in [0.5, 0.6) is 11.5 Å². The average molecular weight is 394 g/mol. The van der Waals surface area contributed by atoms with Gasteiger partial charge in [0, 0.05) is 20.0 Å². The van der Waals surface area contributed by atoms with Gasteiger partial charge in [0.1, 0.15) is 6.04 Å². The van der Waals surface area contributed by atoms with Crippen LogP contribution in [0.15, 0.2) is 48.5 Å². The zero-order chi connectivity index (χ0) is 20.4. The number of hydrogen-bond acceptors (Lipinski definition) is 5. The SMILES string of the molecule is CC(=O)N(Cc1ccc2c(c1)OCO2)[C@H]1CC(=O)N(CCc2ccccc2)C1=O. The fraction of sp³-hybridized carbons (Fsp3) is 0.318. The standard InChI is InChI=1S/C22H22N2O5/c1-15(25)24(13-17-7-8-19-20(11-17)29-14-28-19)18-12-21(26)23(22(18)27)10-9-16-5-3-2-4-6-16/h2-8,11,18H,9-10,12-14H2,1H3/t18-/m0/s1. The van der Waals surface area contributed by atoms with Gasteiger partial charge in [0.05, 0.1) is 6.42 Å². The first-order valence-electron chi connectivity index (χ1n) is 9.57. The molecule has 0 N–H and O–H groups in total. The Morgan fingerprint density at radius 1 is 1.07 bits per heavy atom. The Labute approximate surface area is 168 Å². The summed E-state index contributed by atoms with van der Waals surface area (Å²) in [5.41, 5.74) is 1.87. The summed E-state index contributed by atoms with van der Waals surface area (Å²) >= 11 is 0. The fourth-order valence-corrected chi connectivity index (χ4v) is 3.71. The van der Waals surface area contributed by atoms with E-state index in [4.69, 9.17) is 9.47 Å². The number of carbonyl (C=O) groups excluding carboxylic acids is 3. The smallest absolute Gasteiger partial charge is 0.252 e. The minimum absolute atomic E-state index is 0.0117. The molecule has 29 heavy (non-hydrogen) atoms. The van der Waals surface area contributed by atoms with Crippen LogP contribution in [-0.2, 0) is 27.3 Å². The highest BCUT2D eigenvalue weighted by molar-refractivity contribution is 6.06. The van der Waals surface area contributed by atoms with Crippen LogP contribution in [0.4, 0.5) is 0 Å². The summed E-state index contributed by atoms with van der Waals surface area (Å²) in [5.74, 6) is 0.458. The van der Waals surface area contributed by atoms with Crippen molar-refractivity contribution in [2.45, 2.75) is 32.4 Å². The lowest BCUT2D eigenvalue weighted by Crippen LogP contribution is -2.44. The molecule has 1 atom stereocenters.